The lowest BCUT2D eigenvalue weighted by molar-refractivity contribution is 0.0929. The van der Waals surface area contributed by atoms with Gasteiger partial charge in [-0.3, -0.25) is 0 Å². The Bertz CT molecular complexity index is 332. The Balaban J connectivity index is 2.20. The highest BCUT2D eigenvalue weighted by Gasteiger charge is 2.21. The first-order valence-corrected chi connectivity index (χ1v) is 5.27. The van der Waals surface area contributed by atoms with Crippen molar-refractivity contribution in [2.45, 2.75) is 19.4 Å². The van der Waals surface area contributed by atoms with Gasteiger partial charge in [-0.05, 0) is 12.5 Å². The third-order valence-corrected chi connectivity index (χ3v) is 2.74. The van der Waals surface area contributed by atoms with E-state index < -0.39 is 5.95 Å². The minimum atomic E-state index is -0.422. The molecule has 4 heteroatoms. The maximum Gasteiger partial charge on any atom is 0.214 e. The van der Waals surface area contributed by atoms with E-state index in [1.165, 1.54) is 12.3 Å². The van der Waals surface area contributed by atoms with E-state index in [0.29, 0.717) is 12.6 Å². The Morgan fingerprint density at radius 3 is 3.27 bits per heavy atom. The lowest BCUT2D eigenvalue weighted by Gasteiger charge is -2.36. The van der Waals surface area contributed by atoms with Crippen LogP contribution in [0.4, 0.5) is 10.1 Å². The summed E-state index contributed by atoms with van der Waals surface area (Å²) >= 11 is 0. The predicted molar refractivity (Wildman–Crippen MR) is 56.4 cm³/mol. The molecule has 0 aliphatic carbocycles. The number of ether oxygens (including phenoxy) is 1. The number of pyridine rings is 1. The maximum absolute atomic E-state index is 13.0. The summed E-state index contributed by atoms with van der Waals surface area (Å²) in [5.74, 6) is -0.422. The second-order valence-electron chi connectivity index (χ2n) is 3.67. The molecule has 0 amide bonds. The van der Waals surface area contributed by atoms with Crippen molar-refractivity contribution >= 4 is 5.69 Å². The van der Waals surface area contributed by atoms with Crippen LogP contribution in [0.3, 0.4) is 0 Å². The Hall–Kier alpha value is -1.16. The van der Waals surface area contributed by atoms with Crippen LogP contribution in [0.15, 0.2) is 18.3 Å². The summed E-state index contributed by atoms with van der Waals surface area (Å²) in [5, 5.41) is 0. The van der Waals surface area contributed by atoms with E-state index >= 15 is 0 Å². The van der Waals surface area contributed by atoms with Gasteiger partial charge in [0.1, 0.15) is 0 Å². The molecule has 1 unspecified atom stereocenters. The van der Waals surface area contributed by atoms with Crippen LogP contribution in [0.5, 0.6) is 0 Å². The summed E-state index contributed by atoms with van der Waals surface area (Å²) in [6, 6.07) is 3.67. The summed E-state index contributed by atoms with van der Waals surface area (Å²) in [7, 11) is 0. The highest BCUT2D eigenvalue weighted by molar-refractivity contribution is 5.46. The first kappa shape index (κ1) is 10.4. The first-order chi connectivity index (χ1) is 7.31. The molecule has 1 aliphatic rings. The molecular weight excluding hydrogens is 195 g/mol. The van der Waals surface area contributed by atoms with Crippen molar-refractivity contribution < 1.29 is 9.13 Å². The molecule has 1 fully saturated rings. The van der Waals surface area contributed by atoms with E-state index in [4.69, 9.17) is 4.74 Å². The van der Waals surface area contributed by atoms with Gasteiger partial charge in [-0.25, -0.2) is 4.98 Å². The molecule has 15 heavy (non-hydrogen) atoms. The average Bonchev–Trinajstić information content (AvgIpc) is 2.29. The minimum absolute atomic E-state index is 0.348. The molecule has 0 bridgehead atoms. The SMILES string of the molecule is CCC1COCCN1c1ccnc(F)c1. The quantitative estimate of drug-likeness (QED) is 0.696. The first-order valence-electron chi connectivity index (χ1n) is 5.27. The second-order valence-corrected chi connectivity index (χ2v) is 3.67. The van der Waals surface area contributed by atoms with Crippen molar-refractivity contribution in [1.29, 1.82) is 0 Å². The molecule has 1 atom stereocenters. The van der Waals surface area contributed by atoms with Crippen molar-refractivity contribution in [3.63, 3.8) is 0 Å². The van der Waals surface area contributed by atoms with Crippen molar-refractivity contribution in [2.75, 3.05) is 24.7 Å². The van der Waals surface area contributed by atoms with E-state index in [1.807, 2.05) is 6.07 Å². The van der Waals surface area contributed by atoms with Crippen LogP contribution in [0.1, 0.15) is 13.3 Å². The molecule has 2 rings (SSSR count). The van der Waals surface area contributed by atoms with Crippen LogP contribution in [0.2, 0.25) is 0 Å². The van der Waals surface area contributed by atoms with Gasteiger partial charge < -0.3 is 9.64 Å². The Labute approximate surface area is 88.9 Å². The molecule has 0 N–H and O–H groups in total. The Kier molecular flexibility index (Phi) is 3.16. The largest absolute Gasteiger partial charge is 0.377 e. The van der Waals surface area contributed by atoms with Crippen LogP contribution in [-0.4, -0.2) is 30.8 Å². The molecule has 1 aromatic heterocycles. The smallest absolute Gasteiger partial charge is 0.214 e. The number of morpholine rings is 1. The van der Waals surface area contributed by atoms with E-state index in [1.54, 1.807) is 0 Å². The van der Waals surface area contributed by atoms with Crippen LogP contribution in [0, 0.1) is 5.95 Å². The number of hydrogen-bond acceptors (Lipinski definition) is 3. The zero-order valence-corrected chi connectivity index (χ0v) is 8.82. The maximum atomic E-state index is 13.0. The number of hydrogen-bond donors (Lipinski definition) is 0. The normalized spacial score (nSPS) is 21.7. The fourth-order valence-electron chi connectivity index (χ4n) is 1.90. The lowest BCUT2D eigenvalue weighted by Crippen LogP contribution is -2.45. The van der Waals surface area contributed by atoms with Gasteiger partial charge in [-0.1, -0.05) is 6.92 Å². The molecule has 3 nitrogen and oxygen atoms in total. The molecular formula is C11H15FN2O. The van der Waals surface area contributed by atoms with Crippen molar-refractivity contribution in [3.05, 3.63) is 24.3 Å². The second kappa shape index (κ2) is 4.57. The highest BCUT2D eigenvalue weighted by atomic mass is 19.1. The summed E-state index contributed by atoms with van der Waals surface area (Å²) < 4.78 is 18.4. The summed E-state index contributed by atoms with van der Waals surface area (Å²) in [5.41, 5.74) is 0.901. The van der Waals surface area contributed by atoms with Crippen molar-refractivity contribution in [2.24, 2.45) is 0 Å². The van der Waals surface area contributed by atoms with Gasteiger partial charge in [0, 0.05) is 24.5 Å². The van der Waals surface area contributed by atoms with Crippen LogP contribution in [0.25, 0.3) is 0 Å². The monoisotopic (exact) mass is 210 g/mol. The lowest BCUT2D eigenvalue weighted by atomic mass is 10.1. The zero-order chi connectivity index (χ0) is 10.7. The summed E-state index contributed by atoms with van der Waals surface area (Å²) in [4.78, 5) is 5.75. The van der Waals surface area contributed by atoms with E-state index in [2.05, 4.69) is 16.8 Å². The number of rotatable bonds is 2. The van der Waals surface area contributed by atoms with Crippen molar-refractivity contribution in [3.8, 4) is 0 Å². The van der Waals surface area contributed by atoms with Gasteiger partial charge in [0.25, 0.3) is 0 Å². The van der Waals surface area contributed by atoms with Crippen LogP contribution in [-0.2, 0) is 4.74 Å². The van der Waals surface area contributed by atoms with Crippen LogP contribution >= 0.6 is 0 Å². The number of nitrogens with zero attached hydrogens (tertiary/aromatic N) is 2. The predicted octanol–water partition coefficient (Wildman–Crippen LogP) is 1.84. The third kappa shape index (κ3) is 2.26. The van der Waals surface area contributed by atoms with E-state index in [-0.39, 0.29) is 0 Å². The molecule has 1 aromatic rings. The van der Waals surface area contributed by atoms with Gasteiger partial charge in [0.05, 0.1) is 19.3 Å². The molecule has 0 aromatic carbocycles. The molecule has 2 heterocycles. The number of aromatic nitrogens is 1. The molecule has 0 radical (unpaired) electrons. The van der Waals surface area contributed by atoms with Gasteiger partial charge in [0.2, 0.25) is 5.95 Å². The van der Waals surface area contributed by atoms with Gasteiger partial charge in [-0.2, -0.15) is 4.39 Å². The standard InChI is InChI=1S/C11H15FN2O/c1-2-9-8-15-6-5-14(9)10-3-4-13-11(12)7-10/h3-4,7,9H,2,5-6,8H2,1H3. The zero-order valence-electron chi connectivity index (χ0n) is 8.82. The van der Waals surface area contributed by atoms with Crippen molar-refractivity contribution in [1.82, 2.24) is 4.98 Å². The third-order valence-electron chi connectivity index (χ3n) is 2.74. The fraction of sp³-hybridized carbons (Fsp3) is 0.545. The van der Waals surface area contributed by atoms with E-state index in [0.717, 1.165) is 25.3 Å². The Morgan fingerprint density at radius 2 is 2.53 bits per heavy atom. The van der Waals surface area contributed by atoms with Crippen LogP contribution < -0.4 is 4.90 Å². The Morgan fingerprint density at radius 1 is 1.67 bits per heavy atom. The number of anilines is 1. The van der Waals surface area contributed by atoms with Gasteiger partial charge in [0.15, 0.2) is 0 Å². The molecule has 0 spiro atoms. The van der Waals surface area contributed by atoms with Gasteiger partial charge >= 0.3 is 0 Å². The molecule has 0 saturated carbocycles. The topological polar surface area (TPSA) is 25.4 Å². The average molecular weight is 210 g/mol. The summed E-state index contributed by atoms with van der Waals surface area (Å²) in [6.45, 7) is 4.37. The fourth-order valence-corrected chi connectivity index (χ4v) is 1.90. The minimum Gasteiger partial charge on any atom is -0.377 e. The molecule has 82 valence electrons. The highest BCUT2D eigenvalue weighted by Crippen LogP contribution is 2.20. The van der Waals surface area contributed by atoms with E-state index in [9.17, 15) is 4.39 Å². The molecule has 1 saturated heterocycles. The van der Waals surface area contributed by atoms with Gasteiger partial charge in [-0.15, -0.1) is 0 Å². The number of halogens is 1. The summed E-state index contributed by atoms with van der Waals surface area (Å²) in [6.07, 6.45) is 2.51. The molecule has 1 aliphatic heterocycles.